The van der Waals surface area contributed by atoms with Crippen LogP contribution in [0.2, 0.25) is 0 Å². The molecule has 198 valence electrons. The average Bonchev–Trinajstić information content (AvgIpc) is 2.83. The quantitative estimate of drug-likeness (QED) is 0.178. The van der Waals surface area contributed by atoms with Crippen LogP contribution < -0.4 is 14.9 Å². The Hall–Kier alpha value is -3.87. The van der Waals surface area contributed by atoms with E-state index in [0.29, 0.717) is 36.0 Å². The van der Waals surface area contributed by atoms with Crippen molar-refractivity contribution in [2.45, 2.75) is 60.8 Å². The second-order valence-corrected chi connectivity index (χ2v) is 9.84. The number of fused-ring (bicyclic) bond motifs is 2. The van der Waals surface area contributed by atoms with Gasteiger partial charge in [0.2, 0.25) is 16.9 Å². The van der Waals surface area contributed by atoms with Crippen LogP contribution in [-0.2, 0) is 19.3 Å². The van der Waals surface area contributed by atoms with Crippen molar-refractivity contribution >= 4 is 21.9 Å². The standard InChI is InChI=1S/C30H36O7/c1-15(2)9-12-18-19(13-10-16(3)4)23(31)26(34)29-21(18)24(32)22-25(33)30(36-8)28(35-7)20(27(22)37-29)14-11-17(5)6/h9-11,31,33-34H,12-14H2,1-8H3. The van der Waals surface area contributed by atoms with Crippen molar-refractivity contribution in [3.05, 3.63) is 61.9 Å². The van der Waals surface area contributed by atoms with E-state index in [1.54, 1.807) is 0 Å². The highest BCUT2D eigenvalue weighted by Crippen LogP contribution is 2.48. The lowest BCUT2D eigenvalue weighted by molar-refractivity contribution is 0.332. The zero-order valence-electron chi connectivity index (χ0n) is 22.8. The van der Waals surface area contributed by atoms with Gasteiger partial charge in [0.25, 0.3) is 0 Å². The topological polar surface area (TPSA) is 109 Å². The van der Waals surface area contributed by atoms with Crippen molar-refractivity contribution in [2.24, 2.45) is 0 Å². The molecule has 37 heavy (non-hydrogen) atoms. The van der Waals surface area contributed by atoms with Gasteiger partial charge in [-0.3, -0.25) is 4.79 Å². The molecular formula is C30H36O7. The Morgan fingerprint density at radius 3 is 1.62 bits per heavy atom. The molecule has 7 heteroatoms. The summed E-state index contributed by atoms with van der Waals surface area (Å²) in [4.78, 5) is 14.1. The third-order valence-electron chi connectivity index (χ3n) is 6.26. The molecule has 0 aliphatic carbocycles. The van der Waals surface area contributed by atoms with Crippen molar-refractivity contribution in [2.75, 3.05) is 14.2 Å². The minimum Gasteiger partial charge on any atom is -0.504 e. The SMILES string of the molecule is COc1c(OC)c(O)c2c(=O)c3c(CC=C(C)C)c(CC=C(C)C)c(O)c(O)c3oc2c1CC=C(C)C. The molecule has 1 heterocycles. The lowest BCUT2D eigenvalue weighted by Crippen LogP contribution is -2.10. The first-order valence-electron chi connectivity index (χ1n) is 12.2. The van der Waals surface area contributed by atoms with Gasteiger partial charge in [-0.05, 0) is 66.4 Å². The van der Waals surface area contributed by atoms with Crippen LogP contribution in [0.4, 0.5) is 0 Å². The molecule has 0 radical (unpaired) electrons. The van der Waals surface area contributed by atoms with E-state index in [9.17, 15) is 20.1 Å². The predicted molar refractivity (Wildman–Crippen MR) is 147 cm³/mol. The van der Waals surface area contributed by atoms with Crippen LogP contribution in [0.15, 0.2) is 44.2 Å². The van der Waals surface area contributed by atoms with Gasteiger partial charge in [-0.15, -0.1) is 0 Å². The first-order chi connectivity index (χ1) is 17.4. The number of allylic oxidation sites excluding steroid dienone is 6. The molecule has 0 aliphatic rings. The molecule has 0 saturated carbocycles. The molecule has 0 bridgehead atoms. The molecule has 3 aromatic rings. The minimum absolute atomic E-state index is 0.0254. The van der Waals surface area contributed by atoms with Crippen LogP contribution in [0, 0.1) is 0 Å². The number of rotatable bonds is 8. The second kappa shape index (κ2) is 11.0. The predicted octanol–water partition coefficient (Wildman–Crippen LogP) is 6.61. The van der Waals surface area contributed by atoms with Gasteiger partial charge < -0.3 is 29.2 Å². The molecule has 7 nitrogen and oxygen atoms in total. The van der Waals surface area contributed by atoms with Crippen molar-refractivity contribution in [3.8, 4) is 28.7 Å². The third kappa shape index (κ3) is 5.17. The van der Waals surface area contributed by atoms with E-state index in [1.165, 1.54) is 14.2 Å². The highest BCUT2D eigenvalue weighted by Gasteiger charge is 2.29. The summed E-state index contributed by atoms with van der Waals surface area (Å²) in [5.41, 5.74) is 3.90. The van der Waals surface area contributed by atoms with E-state index < -0.39 is 16.9 Å². The number of hydrogen-bond donors (Lipinski definition) is 3. The summed E-state index contributed by atoms with van der Waals surface area (Å²) in [6, 6.07) is 0. The molecular weight excluding hydrogens is 472 g/mol. The highest BCUT2D eigenvalue weighted by molar-refractivity contribution is 6.01. The molecule has 3 N–H and O–H groups in total. The maximum absolute atomic E-state index is 14.1. The van der Waals surface area contributed by atoms with Crippen molar-refractivity contribution in [3.63, 3.8) is 0 Å². The zero-order valence-corrected chi connectivity index (χ0v) is 22.8. The third-order valence-corrected chi connectivity index (χ3v) is 6.26. The van der Waals surface area contributed by atoms with Crippen LogP contribution in [-0.4, -0.2) is 29.5 Å². The van der Waals surface area contributed by atoms with Crippen molar-refractivity contribution in [1.29, 1.82) is 0 Å². The lowest BCUT2D eigenvalue weighted by atomic mass is 9.92. The normalized spacial score (nSPS) is 10.9. The fourth-order valence-electron chi connectivity index (χ4n) is 4.36. The Morgan fingerprint density at radius 1 is 0.649 bits per heavy atom. The molecule has 0 atom stereocenters. The molecule has 0 fully saturated rings. The van der Waals surface area contributed by atoms with Gasteiger partial charge in [0, 0.05) is 11.1 Å². The van der Waals surface area contributed by atoms with E-state index in [2.05, 4.69) is 0 Å². The smallest absolute Gasteiger partial charge is 0.204 e. The number of methoxy groups -OCH3 is 2. The van der Waals surface area contributed by atoms with Crippen molar-refractivity contribution < 1.29 is 29.2 Å². The summed E-state index contributed by atoms with van der Waals surface area (Å²) in [5.74, 6) is -1.01. The second-order valence-electron chi connectivity index (χ2n) is 9.84. The van der Waals surface area contributed by atoms with Gasteiger partial charge in [0.05, 0.1) is 19.6 Å². The summed E-state index contributed by atoms with van der Waals surface area (Å²) in [5, 5.41) is 33.3. The van der Waals surface area contributed by atoms with E-state index in [1.807, 2.05) is 59.8 Å². The number of aromatic hydroxyl groups is 3. The summed E-state index contributed by atoms with van der Waals surface area (Å²) in [6.45, 7) is 11.6. The highest BCUT2D eigenvalue weighted by atomic mass is 16.5. The first kappa shape index (κ1) is 27.7. The van der Waals surface area contributed by atoms with Gasteiger partial charge in [-0.25, -0.2) is 0 Å². The molecule has 0 aliphatic heterocycles. The maximum Gasteiger partial charge on any atom is 0.204 e. The van der Waals surface area contributed by atoms with E-state index in [4.69, 9.17) is 13.9 Å². The van der Waals surface area contributed by atoms with Crippen LogP contribution in [0.5, 0.6) is 28.7 Å². The molecule has 3 rings (SSSR count). The number of phenols is 3. The van der Waals surface area contributed by atoms with Gasteiger partial charge >= 0.3 is 0 Å². The first-order valence-corrected chi connectivity index (χ1v) is 12.2. The summed E-state index contributed by atoms with van der Waals surface area (Å²) in [7, 11) is 2.82. The van der Waals surface area contributed by atoms with Gasteiger partial charge in [-0.1, -0.05) is 34.9 Å². The average molecular weight is 509 g/mol. The monoisotopic (exact) mass is 508 g/mol. The minimum atomic E-state index is -0.529. The van der Waals surface area contributed by atoms with Crippen molar-refractivity contribution in [1.82, 2.24) is 0 Å². The van der Waals surface area contributed by atoms with Crippen LogP contribution >= 0.6 is 0 Å². The molecule has 0 unspecified atom stereocenters. The van der Waals surface area contributed by atoms with Crippen LogP contribution in [0.3, 0.4) is 0 Å². The number of hydrogen-bond acceptors (Lipinski definition) is 7. The fraction of sp³-hybridized carbons (Fsp3) is 0.367. The Bertz CT molecular complexity index is 1510. The Morgan fingerprint density at radius 2 is 1.14 bits per heavy atom. The summed E-state index contributed by atoms with van der Waals surface area (Å²) in [6.07, 6.45) is 6.74. The lowest BCUT2D eigenvalue weighted by Gasteiger charge is -2.19. The van der Waals surface area contributed by atoms with Gasteiger partial charge in [0.15, 0.2) is 22.8 Å². The number of ether oxygens (including phenoxy) is 2. The fourth-order valence-corrected chi connectivity index (χ4v) is 4.36. The van der Waals surface area contributed by atoms with E-state index >= 15 is 0 Å². The van der Waals surface area contributed by atoms with Crippen LogP contribution in [0.25, 0.3) is 21.9 Å². The van der Waals surface area contributed by atoms with Gasteiger partial charge in [-0.2, -0.15) is 0 Å². The Labute approximate surface area is 217 Å². The molecule has 0 amide bonds. The summed E-state index contributed by atoms with van der Waals surface area (Å²) < 4.78 is 17.2. The summed E-state index contributed by atoms with van der Waals surface area (Å²) >= 11 is 0. The van der Waals surface area contributed by atoms with Crippen LogP contribution in [0.1, 0.15) is 58.2 Å². The Kier molecular flexibility index (Phi) is 8.26. The van der Waals surface area contributed by atoms with E-state index in [-0.39, 0.29) is 39.2 Å². The number of benzene rings is 2. The molecule has 2 aromatic carbocycles. The molecule has 0 saturated heterocycles. The Balaban J connectivity index is 2.64. The van der Waals surface area contributed by atoms with E-state index in [0.717, 1.165) is 16.7 Å². The number of phenolic OH excluding ortho intramolecular Hbond substituents is 3. The maximum atomic E-state index is 14.1. The zero-order chi connectivity index (χ0) is 27.6. The molecule has 0 spiro atoms. The molecule has 1 aromatic heterocycles. The van der Waals surface area contributed by atoms with Gasteiger partial charge in [0.1, 0.15) is 11.0 Å². The largest absolute Gasteiger partial charge is 0.504 e.